The number of carbonyl (C=O) groups excluding carboxylic acids is 1. The number of benzene rings is 1. The van der Waals surface area contributed by atoms with Crippen LogP contribution in [0.3, 0.4) is 0 Å². The molecule has 1 aromatic rings. The van der Waals surface area contributed by atoms with Gasteiger partial charge in [-0.1, -0.05) is 29.8 Å². The molecule has 0 bridgehead atoms. The van der Waals surface area contributed by atoms with Crippen LogP contribution in [0, 0.1) is 0 Å². The molecule has 0 aliphatic rings. The van der Waals surface area contributed by atoms with E-state index in [4.69, 9.17) is 17.3 Å². The average molecular weight is 241 g/mol. The highest BCUT2D eigenvalue weighted by atomic mass is 35.5. The predicted octanol–water partition coefficient (Wildman–Crippen LogP) is 1.74. The van der Waals surface area contributed by atoms with Crippen molar-refractivity contribution in [2.45, 2.75) is 25.8 Å². The van der Waals surface area contributed by atoms with Crippen LogP contribution in [0.4, 0.5) is 0 Å². The molecule has 0 aliphatic carbocycles. The third-order valence-electron chi connectivity index (χ3n) is 2.23. The summed E-state index contributed by atoms with van der Waals surface area (Å²) in [6.07, 6.45) is 1.10. The molecule has 4 heteroatoms. The van der Waals surface area contributed by atoms with Crippen LogP contribution in [0.2, 0.25) is 5.02 Å². The Hall–Kier alpha value is -1.06. The van der Waals surface area contributed by atoms with Crippen LogP contribution in [0.25, 0.3) is 0 Å². The lowest BCUT2D eigenvalue weighted by Gasteiger charge is -2.08. The summed E-state index contributed by atoms with van der Waals surface area (Å²) in [6, 6.07) is 7.47. The summed E-state index contributed by atoms with van der Waals surface area (Å²) in [4.78, 5) is 11.5. The van der Waals surface area contributed by atoms with Gasteiger partial charge < -0.3 is 11.1 Å². The highest BCUT2D eigenvalue weighted by Gasteiger charge is 2.05. The fraction of sp³-hybridized carbons (Fsp3) is 0.417. The van der Waals surface area contributed by atoms with Crippen LogP contribution in [0.1, 0.15) is 18.9 Å². The molecule has 1 unspecified atom stereocenters. The first kappa shape index (κ1) is 13.0. The number of hydrogen-bond acceptors (Lipinski definition) is 2. The molecular weight excluding hydrogens is 224 g/mol. The molecule has 0 radical (unpaired) electrons. The second-order valence-corrected chi connectivity index (χ2v) is 4.29. The first-order valence-corrected chi connectivity index (χ1v) is 5.73. The van der Waals surface area contributed by atoms with Crippen molar-refractivity contribution in [3.05, 3.63) is 34.9 Å². The first-order chi connectivity index (χ1) is 7.59. The molecule has 0 aliphatic heterocycles. The molecule has 0 saturated carbocycles. The van der Waals surface area contributed by atoms with Gasteiger partial charge in [-0.3, -0.25) is 4.79 Å². The fourth-order valence-corrected chi connectivity index (χ4v) is 1.52. The summed E-state index contributed by atoms with van der Waals surface area (Å²) < 4.78 is 0. The number of amides is 1. The SMILES string of the molecule is CC(N)CCNC(=O)Cc1ccccc1Cl. The Bertz CT molecular complexity index is 353. The van der Waals surface area contributed by atoms with Gasteiger partial charge in [0.25, 0.3) is 0 Å². The lowest BCUT2D eigenvalue weighted by atomic mass is 10.1. The van der Waals surface area contributed by atoms with Crippen molar-refractivity contribution < 1.29 is 4.79 Å². The van der Waals surface area contributed by atoms with E-state index in [1.807, 2.05) is 25.1 Å². The minimum atomic E-state index is -0.0197. The van der Waals surface area contributed by atoms with Crippen molar-refractivity contribution in [2.24, 2.45) is 5.73 Å². The Labute approximate surface area is 101 Å². The zero-order valence-corrected chi connectivity index (χ0v) is 10.1. The van der Waals surface area contributed by atoms with Crippen LogP contribution in [0.15, 0.2) is 24.3 Å². The highest BCUT2D eigenvalue weighted by molar-refractivity contribution is 6.31. The number of halogens is 1. The van der Waals surface area contributed by atoms with Crippen molar-refractivity contribution in [3.63, 3.8) is 0 Å². The highest BCUT2D eigenvalue weighted by Crippen LogP contribution is 2.15. The van der Waals surface area contributed by atoms with E-state index in [-0.39, 0.29) is 11.9 Å². The molecule has 16 heavy (non-hydrogen) atoms. The van der Waals surface area contributed by atoms with E-state index in [1.54, 1.807) is 6.07 Å². The van der Waals surface area contributed by atoms with Crippen LogP contribution in [0.5, 0.6) is 0 Å². The maximum absolute atomic E-state index is 11.5. The third kappa shape index (κ3) is 4.64. The van der Waals surface area contributed by atoms with Gasteiger partial charge in [-0.05, 0) is 25.0 Å². The van der Waals surface area contributed by atoms with E-state index in [0.29, 0.717) is 18.0 Å². The standard InChI is InChI=1S/C12H17ClN2O/c1-9(14)6-7-15-12(16)8-10-4-2-3-5-11(10)13/h2-5,9H,6-8,14H2,1H3,(H,15,16). The molecule has 1 amide bonds. The molecule has 0 fully saturated rings. The van der Waals surface area contributed by atoms with Gasteiger partial charge in [0, 0.05) is 17.6 Å². The minimum absolute atomic E-state index is 0.0197. The maximum atomic E-state index is 11.5. The molecule has 3 nitrogen and oxygen atoms in total. The zero-order chi connectivity index (χ0) is 12.0. The lowest BCUT2D eigenvalue weighted by Crippen LogP contribution is -2.30. The Morgan fingerprint density at radius 2 is 2.19 bits per heavy atom. The van der Waals surface area contributed by atoms with Crippen molar-refractivity contribution in [1.82, 2.24) is 5.32 Å². The first-order valence-electron chi connectivity index (χ1n) is 5.35. The van der Waals surface area contributed by atoms with E-state index in [2.05, 4.69) is 5.32 Å². The topological polar surface area (TPSA) is 55.1 Å². The molecule has 0 heterocycles. The molecule has 88 valence electrons. The zero-order valence-electron chi connectivity index (χ0n) is 9.37. The summed E-state index contributed by atoms with van der Waals surface area (Å²) in [5.74, 6) is -0.0197. The van der Waals surface area contributed by atoms with Crippen molar-refractivity contribution >= 4 is 17.5 Å². The van der Waals surface area contributed by atoms with Crippen LogP contribution in [-0.4, -0.2) is 18.5 Å². The van der Waals surface area contributed by atoms with Crippen molar-refractivity contribution in [1.29, 1.82) is 0 Å². The largest absolute Gasteiger partial charge is 0.356 e. The third-order valence-corrected chi connectivity index (χ3v) is 2.60. The lowest BCUT2D eigenvalue weighted by molar-refractivity contribution is -0.120. The van der Waals surface area contributed by atoms with Gasteiger partial charge in [0.2, 0.25) is 5.91 Å². The second kappa shape index (κ2) is 6.51. The summed E-state index contributed by atoms with van der Waals surface area (Å²) >= 11 is 5.95. The van der Waals surface area contributed by atoms with E-state index in [9.17, 15) is 4.79 Å². The minimum Gasteiger partial charge on any atom is -0.356 e. The summed E-state index contributed by atoms with van der Waals surface area (Å²) in [5.41, 5.74) is 6.43. The quantitative estimate of drug-likeness (QED) is 0.824. The molecule has 1 atom stereocenters. The van der Waals surface area contributed by atoms with Crippen molar-refractivity contribution in [3.8, 4) is 0 Å². The molecule has 0 aromatic heterocycles. The van der Waals surface area contributed by atoms with E-state index >= 15 is 0 Å². The number of carbonyl (C=O) groups is 1. The molecule has 3 N–H and O–H groups in total. The second-order valence-electron chi connectivity index (χ2n) is 3.88. The van der Waals surface area contributed by atoms with Gasteiger partial charge in [0.15, 0.2) is 0 Å². The number of rotatable bonds is 5. The number of nitrogens with one attached hydrogen (secondary N) is 1. The number of hydrogen-bond donors (Lipinski definition) is 2. The van der Waals surface area contributed by atoms with E-state index in [0.717, 1.165) is 12.0 Å². The number of nitrogens with two attached hydrogens (primary N) is 1. The summed E-state index contributed by atoms with van der Waals surface area (Å²) in [6.45, 7) is 2.53. The fourth-order valence-electron chi connectivity index (χ4n) is 1.32. The Morgan fingerprint density at radius 3 is 2.81 bits per heavy atom. The van der Waals surface area contributed by atoms with Gasteiger partial charge in [-0.15, -0.1) is 0 Å². The van der Waals surface area contributed by atoms with Gasteiger partial charge >= 0.3 is 0 Å². The van der Waals surface area contributed by atoms with Crippen LogP contribution in [-0.2, 0) is 11.2 Å². The monoisotopic (exact) mass is 240 g/mol. The summed E-state index contributed by atoms with van der Waals surface area (Å²) in [7, 11) is 0. The molecule has 1 rings (SSSR count). The van der Waals surface area contributed by atoms with E-state index in [1.165, 1.54) is 0 Å². The predicted molar refractivity (Wildman–Crippen MR) is 66.4 cm³/mol. The molecule has 0 saturated heterocycles. The van der Waals surface area contributed by atoms with Gasteiger partial charge in [-0.25, -0.2) is 0 Å². The maximum Gasteiger partial charge on any atom is 0.224 e. The normalized spacial score (nSPS) is 12.2. The van der Waals surface area contributed by atoms with Gasteiger partial charge in [0.1, 0.15) is 0 Å². The molecule has 1 aromatic carbocycles. The smallest absolute Gasteiger partial charge is 0.224 e. The summed E-state index contributed by atoms with van der Waals surface area (Å²) in [5, 5.41) is 3.44. The van der Waals surface area contributed by atoms with Crippen LogP contribution < -0.4 is 11.1 Å². The molecular formula is C12H17ClN2O. The van der Waals surface area contributed by atoms with E-state index < -0.39 is 0 Å². The molecule has 0 spiro atoms. The van der Waals surface area contributed by atoms with Gasteiger partial charge in [0.05, 0.1) is 6.42 Å². The Kier molecular flexibility index (Phi) is 5.29. The van der Waals surface area contributed by atoms with Crippen molar-refractivity contribution in [2.75, 3.05) is 6.54 Å². The Morgan fingerprint density at radius 1 is 1.50 bits per heavy atom. The van der Waals surface area contributed by atoms with Gasteiger partial charge in [-0.2, -0.15) is 0 Å². The van der Waals surface area contributed by atoms with Crippen LogP contribution >= 0.6 is 11.6 Å². The average Bonchev–Trinajstić information content (AvgIpc) is 2.21. The Balaban J connectivity index is 2.37.